The molecular formula is C11H22N2. The topological polar surface area (TPSA) is 24.1 Å². The summed E-state index contributed by atoms with van der Waals surface area (Å²) >= 11 is 0. The zero-order chi connectivity index (χ0) is 9.15. The van der Waals surface area contributed by atoms with Gasteiger partial charge in [0.05, 0.1) is 0 Å². The molecule has 76 valence electrons. The van der Waals surface area contributed by atoms with Gasteiger partial charge in [-0.15, -0.1) is 0 Å². The molecule has 0 spiro atoms. The summed E-state index contributed by atoms with van der Waals surface area (Å²) in [5.74, 6) is 0. The third-order valence-electron chi connectivity index (χ3n) is 3.59. The third-order valence-corrected chi connectivity index (χ3v) is 3.59. The summed E-state index contributed by atoms with van der Waals surface area (Å²) < 4.78 is 0. The highest BCUT2D eigenvalue weighted by molar-refractivity contribution is 4.91. The molecule has 2 fully saturated rings. The van der Waals surface area contributed by atoms with Gasteiger partial charge in [-0.25, -0.2) is 0 Å². The van der Waals surface area contributed by atoms with Gasteiger partial charge in [0.25, 0.3) is 0 Å². The molecule has 0 aromatic rings. The maximum Gasteiger partial charge on any atom is 0.0278 e. The van der Waals surface area contributed by atoms with Crippen molar-refractivity contribution in [3.05, 3.63) is 0 Å². The second-order valence-electron chi connectivity index (χ2n) is 4.95. The molecule has 1 saturated heterocycles. The van der Waals surface area contributed by atoms with E-state index in [0.717, 1.165) is 12.6 Å². The van der Waals surface area contributed by atoms with E-state index in [0.29, 0.717) is 5.54 Å². The highest BCUT2D eigenvalue weighted by atomic mass is 15.1. The van der Waals surface area contributed by atoms with E-state index in [1.165, 1.54) is 45.1 Å². The average Bonchev–Trinajstić information content (AvgIpc) is 2.72. The van der Waals surface area contributed by atoms with Crippen LogP contribution >= 0.6 is 0 Å². The van der Waals surface area contributed by atoms with E-state index in [2.05, 4.69) is 17.6 Å². The Kier molecular flexibility index (Phi) is 2.89. The Balaban J connectivity index is 1.71. The molecule has 0 aromatic carbocycles. The maximum absolute atomic E-state index is 3.70. The fraction of sp³-hybridized carbons (Fsp3) is 1.00. The Morgan fingerprint density at radius 1 is 1.31 bits per heavy atom. The smallest absolute Gasteiger partial charge is 0.0278 e. The van der Waals surface area contributed by atoms with Gasteiger partial charge >= 0.3 is 0 Å². The molecular weight excluding hydrogens is 160 g/mol. The predicted molar refractivity (Wildman–Crippen MR) is 55.9 cm³/mol. The first kappa shape index (κ1) is 9.47. The Hall–Kier alpha value is -0.0800. The first-order valence-electron chi connectivity index (χ1n) is 5.77. The van der Waals surface area contributed by atoms with Crippen molar-refractivity contribution < 1.29 is 0 Å². The van der Waals surface area contributed by atoms with Gasteiger partial charge in [-0.1, -0.05) is 12.8 Å². The van der Waals surface area contributed by atoms with Gasteiger partial charge in [-0.2, -0.15) is 0 Å². The molecule has 1 heterocycles. The molecule has 13 heavy (non-hydrogen) atoms. The zero-order valence-electron chi connectivity index (χ0n) is 8.73. The summed E-state index contributed by atoms with van der Waals surface area (Å²) in [5.41, 5.74) is 0.391. The van der Waals surface area contributed by atoms with Gasteiger partial charge in [0.1, 0.15) is 0 Å². The highest BCUT2D eigenvalue weighted by Gasteiger charge is 2.28. The average molecular weight is 182 g/mol. The van der Waals surface area contributed by atoms with E-state index in [-0.39, 0.29) is 0 Å². The van der Waals surface area contributed by atoms with Crippen LogP contribution in [-0.2, 0) is 0 Å². The van der Waals surface area contributed by atoms with Gasteiger partial charge in [0, 0.05) is 18.1 Å². The lowest BCUT2D eigenvalue weighted by Crippen LogP contribution is -2.47. The summed E-state index contributed by atoms with van der Waals surface area (Å²) in [6.45, 7) is 4.72. The van der Waals surface area contributed by atoms with E-state index in [4.69, 9.17) is 0 Å². The molecule has 2 rings (SSSR count). The van der Waals surface area contributed by atoms with E-state index < -0.39 is 0 Å². The number of rotatable bonds is 3. The quantitative estimate of drug-likeness (QED) is 0.693. The zero-order valence-corrected chi connectivity index (χ0v) is 8.73. The van der Waals surface area contributed by atoms with Crippen LogP contribution < -0.4 is 10.6 Å². The van der Waals surface area contributed by atoms with Crippen molar-refractivity contribution in [3.8, 4) is 0 Å². The Morgan fingerprint density at radius 3 is 2.69 bits per heavy atom. The molecule has 1 atom stereocenters. The fourth-order valence-electron chi connectivity index (χ4n) is 2.61. The van der Waals surface area contributed by atoms with Crippen LogP contribution in [0.15, 0.2) is 0 Å². The second-order valence-corrected chi connectivity index (χ2v) is 4.95. The fourth-order valence-corrected chi connectivity index (χ4v) is 2.61. The molecule has 2 heteroatoms. The molecule has 1 saturated carbocycles. The molecule has 0 radical (unpaired) electrons. The molecule has 2 N–H and O–H groups in total. The standard InChI is InChI=1S/C11H22N2/c1-11(7-4-8-13-11)9-12-10-5-2-3-6-10/h10,12-13H,2-9H2,1H3. The normalized spacial score (nSPS) is 35.8. The SMILES string of the molecule is CC1(CNC2CCCC2)CCCN1. The van der Waals surface area contributed by atoms with Crippen LogP contribution in [0.3, 0.4) is 0 Å². The van der Waals surface area contributed by atoms with Crippen molar-refractivity contribution in [1.29, 1.82) is 0 Å². The summed E-state index contributed by atoms with van der Waals surface area (Å²) in [6, 6.07) is 0.819. The lowest BCUT2D eigenvalue weighted by molar-refractivity contribution is 0.359. The van der Waals surface area contributed by atoms with Crippen molar-refractivity contribution in [2.75, 3.05) is 13.1 Å². The number of hydrogen-bond acceptors (Lipinski definition) is 2. The van der Waals surface area contributed by atoms with Crippen LogP contribution in [0.4, 0.5) is 0 Å². The van der Waals surface area contributed by atoms with E-state index in [1.54, 1.807) is 0 Å². The van der Waals surface area contributed by atoms with Crippen molar-refractivity contribution in [3.63, 3.8) is 0 Å². The molecule has 1 aliphatic carbocycles. The summed E-state index contributed by atoms with van der Waals surface area (Å²) in [4.78, 5) is 0. The van der Waals surface area contributed by atoms with Gasteiger partial charge in [0.15, 0.2) is 0 Å². The molecule has 2 aliphatic rings. The lowest BCUT2D eigenvalue weighted by atomic mass is 10.00. The maximum atomic E-state index is 3.70. The van der Waals surface area contributed by atoms with Gasteiger partial charge in [-0.05, 0) is 39.2 Å². The minimum atomic E-state index is 0.391. The highest BCUT2D eigenvalue weighted by Crippen LogP contribution is 2.21. The molecule has 0 aromatic heterocycles. The van der Waals surface area contributed by atoms with Crippen molar-refractivity contribution in [2.45, 2.75) is 57.0 Å². The van der Waals surface area contributed by atoms with Crippen LogP contribution in [0.2, 0.25) is 0 Å². The monoisotopic (exact) mass is 182 g/mol. The lowest BCUT2D eigenvalue weighted by Gasteiger charge is -2.26. The minimum absolute atomic E-state index is 0.391. The predicted octanol–water partition coefficient (Wildman–Crippen LogP) is 1.66. The first-order valence-corrected chi connectivity index (χ1v) is 5.77. The van der Waals surface area contributed by atoms with E-state index >= 15 is 0 Å². The van der Waals surface area contributed by atoms with E-state index in [1.807, 2.05) is 0 Å². The summed E-state index contributed by atoms with van der Waals surface area (Å²) in [7, 11) is 0. The molecule has 0 bridgehead atoms. The van der Waals surface area contributed by atoms with Crippen LogP contribution in [0.25, 0.3) is 0 Å². The Labute approximate surface area is 81.5 Å². The first-order chi connectivity index (χ1) is 6.29. The Morgan fingerprint density at radius 2 is 2.08 bits per heavy atom. The van der Waals surface area contributed by atoms with Crippen LogP contribution in [0, 0.1) is 0 Å². The second kappa shape index (κ2) is 3.97. The summed E-state index contributed by atoms with van der Waals surface area (Å²) in [5, 5.41) is 7.30. The molecule has 0 amide bonds. The molecule has 1 unspecified atom stereocenters. The van der Waals surface area contributed by atoms with Crippen LogP contribution in [0.1, 0.15) is 45.4 Å². The van der Waals surface area contributed by atoms with Gasteiger partial charge in [0.2, 0.25) is 0 Å². The third kappa shape index (κ3) is 2.44. The molecule has 1 aliphatic heterocycles. The van der Waals surface area contributed by atoms with Crippen molar-refractivity contribution in [1.82, 2.24) is 10.6 Å². The van der Waals surface area contributed by atoms with Gasteiger partial charge < -0.3 is 10.6 Å². The number of nitrogens with one attached hydrogen (secondary N) is 2. The van der Waals surface area contributed by atoms with Crippen molar-refractivity contribution >= 4 is 0 Å². The molecule has 2 nitrogen and oxygen atoms in total. The van der Waals surface area contributed by atoms with E-state index in [9.17, 15) is 0 Å². The minimum Gasteiger partial charge on any atom is -0.312 e. The van der Waals surface area contributed by atoms with Crippen LogP contribution in [0.5, 0.6) is 0 Å². The summed E-state index contributed by atoms with van der Waals surface area (Å²) in [6.07, 6.45) is 8.35. The largest absolute Gasteiger partial charge is 0.312 e. The Bertz CT molecular complexity index is 155. The number of hydrogen-bond donors (Lipinski definition) is 2. The van der Waals surface area contributed by atoms with Crippen molar-refractivity contribution in [2.24, 2.45) is 0 Å². The van der Waals surface area contributed by atoms with Gasteiger partial charge in [-0.3, -0.25) is 0 Å². The van der Waals surface area contributed by atoms with Crippen LogP contribution in [-0.4, -0.2) is 24.7 Å².